The van der Waals surface area contributed by atoms with Gasteiger partial charge < -0.3 is 9.64 Å². The maximum Gasteiger partial charge on any atom is 0.339 e. The number of carbonyl (C=O) groups is 2. The number of rotatable bonds is 5. The molecule has 0 N–H and O–H groups in total. The highest BCUT2D eigenvalue weighted by Crippen LogP contribution is 2.30. The number of benzene rings is 2. The Balaban J connectivity index is 1.84. The first-order valence-electron chi connectivity index (χ1n) is 9.06. The first-order chi connectivity index (χ1) is 13.0. The Morgan fingerprint density at radius 3 is 2.59 bits per heavy atom. The highest BCUT2D eigenvalue weighted by atomic mass is 16.6. The molecule has 0 fully saturated rings. The van der Waals surface area contributed by atoms with E-state index in [2.05, 4.69) is 6.07 Å². The van der Waals surface area contributed by atoms with Crippen LogP contribution in [-0.4, -0.2) is 28.9 Å². The Morgan fingerprint density at radius 2 is 1.93 bits per heavy atom. The molecule has 5 heteroatoms. The molecule has 1 amide bonds. The predicted octanol–water partition coefficient (Wildman–Crippen LogP) is 3.47. The van der Waals surface area contributed by atoms with Gasteiger partial charge in [0.25, 0.3) is 5.91 Å². The maximum absolute atomic E-state index is 13.3. The molecule has 0 saturated carbocycles. The third-order valence-corrected chi connectivity index (χ3v) is 4.77. The van der Waals surface area contributed by atoms with E-state index in [9.17, 15) is 9.59 Å². The number of hydrogen-bond donors (Lipinski definition) is 0. The van der Waals surface area contributed by atoms with E-state index in [-0.39, 0.29) is 5.91 Å². The predicted molar refractivity (Wildman–Crippen MR) is 101 cm³/mol. The van der Waals surface area contributed by atoms with Crippen molar-refractivity contribution in [2.45, 2.75) is 38.8 Å². The molecule has 1 heterocycles. The minimum absolute atomic E-state index is 0.198. The lowest BCUT2D eigenvalue weighted by Crippen LogP contribution is -2.53. The van der Waals surface area contributed by atoms with Crippen LogP contribution in [0.3, 0.4) is 0 Å². The molecule has 2 aromatic carbocycles. The Morgan fingerprint density at radius 1 is 1.22 bits per heavy atom. The van der Waals surface area contributed by atoms with Crippen LogP contribution in [0.1, 0.15) is 47.3 Å². The van der Waals surface area contributed by atoms with Crippen LogP contribution in [0, 0.1) is 11.3 Å². The van der Waals surface area contributed by atoms with E-state index >= 15 is 0 Å². The molecule has 1 atom stereocenters. The molecule has 1 unspecified atom stereocenters. The van der Waals surface area contributed by atoms with Crippen LogP contribution in [0.2, 0.25) is 0 Å². The third kappa shape index (κ3) is 3.85. The van der Waals surface area contributed by atoms with Crippen molar-refractivity contribution in [1.29, 1.82) is 5.26 Å². The zero-order chi connectivity index (χ0) is 19.4. The van der Waals surface area contributed by atoms with E-state index in [1.54, 1.807) is 36.1 Å². The van der Waals surface area contributed by atoms with Crippen molar-refractivity contribution >= 4 is 11.9 Å². The number of cyclic esters (lactones) is 1. The van der Waals surface area contributed by atoms with Crippen molar-refractivity contribution in [3.05, 3.63) is 70.8 Å². The molecule has 2 aromatic rings. The SMILES string of the molecule is CCCN(Cc1ccc(C#N)cc1)C(=O)C1(C)Cc2ccccc2C(=O)O1. The minimum atomic E-state index is -1.22. The molecule has 0 bridgehead atoms. The summed E-state index contributed by atoms with van der Waals surface area (Å²) < 4.78 is 5.59. The van der Waals surface area contributed by atoms with Crippen LogP contribution in [0.15, 0.2) is 48.5 Å². The zero-order valence-corrected chi connectivity index (χ0v) is 15.6. The van der Waals surface area contributed by atoms with E-state index in [4.69, 9.17) is 10.00 Å². The summed E-state index contributed by atoms with van der Waals surface area (Å²) in [5.74, 6) is -0.654. The van der Waals surface area contributed by atoms with E-state index in [1.807, 2.05) is 31.2 Å². The Bertz CT molecular complexity index is 899. The Hall–Kier alpha value is -3.13. The molecular weight excluding hydrogens is 340 g/mol. The summed E-state index contributed by atoms with van der Waals surface area (Å²) in [6.45, 7) is 4.66. The Kier molecular flexibility index (Phi) is 5.27. The fraction of sp³-hybridized carbons (Fsp3) is 0.318. The first kappa shape index (κ1) is 18.7. The van der Waals surface area contributed by atoms with Crippen LogP contribution < -0.4 is 0 Å². The monoisotopic (exact) mass is 362 g/mol. The van der Waals surface area contributed by atoms with Crippen LogP contribution in [0.25, 0.3) is 0 Å². The highest BCUT2D eigenvalue weighted by Gasteiger charge is 2.44. The van der Waals surface area contributed by atoms with E-state index < -0.39 is 11.6 Å². The lowest BCUT2D eigenvalue weighted by atomic mass is 9.88. The molecule has 0 spiro atoms. The summed E-state index contributed by atoms with van der Waals surface area (Å²) in [5, 5.41) is 8.93. The quantitative estimate of drug-likeness (QED) is 0.764. The second-order valence-electron chi connectivity index (χ2n) is 6.99. The van der Waals surface area contributed by atoms with Gasteiger partial charge in [-0.05, 0) is 42.7 Å². The smallest absolute Gasteiger partial charge is 0.339 e. The van der Waals surface area contributed by atoms with Crippen molar-refractivity contribution in [3.63, 3.8) is 0 Å². The van der Waals surface area contributed by atoms with Gasteiger partial charge in [-0.15, -0.1) is 0 Å². The number of esters is 1. The first-order valence-corrected chi connectivity index (χ1v) is 9.06. The third-order valence-electron chi connectivity index (χ3n) is 4.77. The molecule has 5 nitrogen and oxygen atoms in total. The van der Waals surface area contributed by atoms with Gasteiger partial charge in [0.1, 0.15) is 0 Å². The van der Waals surface area contributed by atoms with Crippen LogP contribution in [0.5, 0.6) is 0 Å². The summed E-state index contributed by atoms with van der Waals surface area (Å²) in [4.78, 5) is 27.4. The van der Waals surface area contributed by atoms with Gasteiger partial charge in [0.2, 0.25) is 0 Å². The van der Waals surface area contributed by atoms with Crippen molar-refractivity contribution < 1.29 is 14.3 Å². The molecule has 0 saturated heterocycles. The number of carbonyl (C=O) groups excluding carboxylic acids is 2. The number of fused-ring (bicyclic) bond motifs is 1. The van der Waals surface area contributed by atoms with Crippen molar-refractivity contribution in [3.8, 4) is 6.07 Å². The normalized spacial score (nSPS) is 18.2. The van der Waals surface area contributed by atoms with Gasteiger partial charge in [0.05, 0.1) is 17.2 Å². The van der Waals surface area contributed by atoms with Crippen molar-refractivity contribution in [2.24, 2.45) is 0 Å². The molecule has 0 aromatic heterocycles. The topological polar surface area (TPSA) is 70.4 Å². The van der Waals surface area contributed by atoms with Gasteiger partial charge in [-0.25, -0.2) is 4.79 Å². The summed E-state index contributed by atoms with van der Waals surface area (Å²) in [6.07, 6.45) is 1.16. The molecule has 138 valence electrons. The van der Waals surface area contributed by atoms with Gasteiger partial charge in [-0.2, -0.15) is 5.26 Å². The summed E-state index contributed by atoms with van der Waals surface area (Å²) in [5.41, 5.74) is 1.66. The molecule has 0 radical (unpaired) electrons. The summed E-state index contributed by atoms with van der Waals surface area (Å²) >= 11 is 0. The number of amides is 1. The summed E-state index contributed by atoms with van der Waals surface area (Å²) in [6, 6.07) is 16.5. The average Bonchev–Trinajstić information content (AvgIpc) is 2.67. The van der Waals surface area contributed by atoms with E-state index in [0.717, 1.165) is 17.5 Å². The van der Waals surface area contributed by atoms with Gasteiger partial charge in [0, 0.05) is 19.5 Å². The molecule has 0 aliphatic carbocycles. The van der Waals surface area contributed by atoms with E-state index in [1.165, 1.54) is 0 Å². The second kappa shape index (κ2) is 7.63. The standard InChI is InChI=1S/C22H22N2O3/c1-3-12-24(15-17-10-8-16(14-23)9-11-17)21(26)22(2)13-18-6-4-5-7-19(18)20(25)27-22/h4-11H,3,12-13,15H2,1-2H3. The molecule has 3 rings (SSSR count). The van der Waals surface area contributed by atoms with Crippen LogP contribution >= 0.6 is 0 Å². The fourth-order valence-electron chi connectivity index (χ4n) is 3.41. The number of hydrogen-bond acceptors (Lipinski definition) is 4. The maximum atomic E-state index is 13.3. The van der Waals surface area contributed by atoms with Crippen LogP contribution in [0.4, 0.5) is 0 Å². The lowest BCUT2D eigenvalue weighted by Gasteiger charge is -2.37. The minimum Gasteiger partial charge on any atom is -0.445 e. The average molecular weight is 362 g/mol. The van der Waals surface area contributed by atoms with Crippen LogP contribution in [-0.2, 0) is 22.5 Å². The van der Waals surface area contributed by atoms with Gasteiger partial charge in [-0.1, -0.05) is 37.3 Å². The highest BCUT2D eigenvalue weighted by molar-refractivity contribution is 5.97. The zero-order valence-electron chi connectivity index (χ0n) is 15.6. The van der Waals surface area contributed by atoms with E-state index in [0.29, 0.717) is 30.6 Å². The number of nitriles is 1. The number of ether oxygens (including phenoxy) is 1. The lowest BCUT2D eigenvalue weighted by molar-refractivity contribution is -0.151. The van der Waals surface area contributed by atoms with Crippen molar-refractivity contribution in [1.82, 2.24) is 4.90 Å². The molecular formula is C22H22N2O3. The van der Waals surface area contributed by atoms with Gasteiger partial charge >= 0.3 is 5.97 Å². The molecule has 27 heavy (non-hydrogen) atoms. The molecule has 1 aliphatic heterocycles. The van der Waals surface area contributed by atoms with Gasteiger partial charge in [-0.3, -0.25) is 4.79 Å². The summed E-state index contributed by atoms with van der Waals surface area (Å²) in [7, 11) is 0. The largest absolute Gasteiger partial charge is 0.445 e. The van der Waals surface area contributed by atoms with Crippen molar-refractivity contribution in [2.75, 3.05) is 6.54 Å². The fourth-order valence-corrected chi connectivity index (χ4v) is 3.41. The number of nitrogens with zero attached hydrogens (tertiary/aromatic N) is 2. The Labute approximate surface area is 159 Å². The van der Waals surface area contributed by atoms with Gasteiger partial charge in [0.15, 0.2) is 5.60 Å². The second-order valence-corrected chi connectivity index (χ2v) is 6.99. The molecule has 1 aliphatic rings.